The minimum atomic E-state index is -6.43. The largest absolute Gasteiger partial charge is 0.508 e. The predicted octanol–water partition coefficient (Wildman–Crippen LogP) is 2.91. The van der Waals surface area contributed by atoms with Crippen LogP contribution in [-0.2, 0) is 17.7 Å². The molecule has 0 aliphatic rings. The van der Waals surface area contributed by atoms with E-state index >= 15 is 0 Å². The lowest BCUT2D eigenvalue weighted by atomic mass is 10.4. The number of rotatable bonds is 5. The fraction of sp³-hybridized carbons (Fsp3) is 1.00. The Kier molecular flexibility index (Phi) is 8.98. The second-order valence-corrected chi connectivity index (χ2v) is 11.6. The minimum absolute atomic E-state index is 1.21. The molecule has 0 amide bonds. The van der Waals surface area contributed by atoms with E-state index in [0.717, 1.165) is 0 Å². The summed E-state index contributed by atoms with van der Waals surface area (Å²) in [5, 5.41) is 0. The zero-order chi connectivity index (χ0) is 19.3. The third-order valence-electron chi connectivity index (χ3n) is 3.04. The summed E-state index contributed by atoms with van der Waals surface area (Å²) >= 11 is 0. The molecule has 0 aliphatic carbocycles. The van der Waals surface area contributed by atoms with Crippen molar-refractivity contribution in [2.75, 3.05) is 26.7 Å². The quantitative estimate of drug-likeness (QED) is 0.393. The molecular formula is C9H18F6NO4S3+. The van der Waals surface area contributed by atoms with E-state index in [1.807, 2.05) is 0 Å². The van der Waals surface area contributed by atoms with E-state index in [2.05, 4.69) is 27.8 Å². The molecule has 0 aromatic heterocycles. The second-order valence-electron chi connectivity index (χ2n) is 4.44. The maximum atomic E-state index is 11.5. The molecule has 142 valence electrons. The van der Waals surface area contributed by atoms with Gasteiger partial charge in [0.1, 0.15) is 9.83 Å². The molecule has 0 rings (SSSR count). The summed E-state index contributed by atoms with van der Waals surface area (Å²) in [5.74, 6) is 0. The lowest BCUT2D eigenvalue weighted by molar-refractivity contribution is -0.904. The van der Waals surface area contributed by atoms with Crippen LogP contribution in [-0.4, -0.2) is 59.0 Å². The molecule has 5 nitrogen and oxygen atoms in total. The molecule has 0 saturated heterocycles. The van der Waals surface area contributed by atoms with Gasteiger partial charge in [-0.05, 0) is 20.8 Å². The van der Waals surface area contributed by atoms with E-state index in [-0.39, 0.29) is 0 Å². The predicted molar refractivity (Wildman–Crippen MR) is 75.3 cm³/mol. The number of alkyl halides is 6. The first-order chi connectivity index (χ1) is 9.89. The van der Waals surface area contributed by atoms with E-state index in [1.54, 1.807) is 0 Å². The van der Waals surface area contributed by atoms with Crippen molar-refractivity contribution in [2.45, 2.75) is 31.8 Å². The van der Waals surface area contributed by atoms with E-state index in [1.165, 1.54) is 24.1 Å². The van der Waals surface area contributed by atoms with Crippen molar-refractivity contribution in [3.05, 3.63) is 0 Å². The SMILES string of the molecule is CC[N+](C)(CC)CC.O=S(=O)(SS(=O)(=O)C(F)(F)F)C(F)(F)F. The number of hydrogen-bond donors (Lipinski definition) is 0. The van der Waals surface area contributed by atoms with Gasteiger partial charge in [0.2, 0.25) is 0 Å². The van der Waals surface area contributed by atoms with Gasteiger partial charge in [0.15, 0.2) is 0 Å². The maximum Gasteiger partial charge on any atom is 0.508 e. The van der Waals surface area contributed by atoms with Crippen molar-refractivity contribution in [3.63, 3.8) is 0 Å². The molecule has 0 saturated carbocycles. The molecular weight excluding hydrogens is 396 g/mol. The minimum Gasteiger partial charge on any atom is -0.327 e. The fourth-order valence-corrected chi connectivity index (χ4v) is 5.94. The Balaban J connectivity index is 0. The lowest BCUT2D eigenvalue weighted by Gasteiger charge is -2.30. The Morgan fingerprint density at radius 1 is 0.739 bits per heavy atom. The van der Waals surface area contributed by atoms with E-state index in [4.69, 9.17) is 0 Å². The van der Waals surface area contributed by atoms with Crippen LogP contribution in [0.5, 0.6) is 0 Å². The van der Waals surface area contributed by atoms with Gasteiger partial charge >= 0.3 is 28.8 Å². The topological polar surface area (TPSA) is 68.3 Å². The van der Waals surface area contributed by atoms with Crippen LogP contribution in [0.4, 0.5) is 26.3 Å². The Bertz CT molecular complexity index is 513. The normalized spacial score (nSPS) is 14.2. The van der Waals surface area contributed by atoms with Gasteiger partial charge in [0.05, 0.1) is 26.7 Å². The van der Waals surface area contributed by atoms with Crippen LogP contribution in [0.25, 0.3) is 0 Å². The molecule has 0 unspecified atom stereocenters. The van der Waals surface area contributed by atoms with Gasteiger partial charge in [-0.1, -0.05) is 0 Å². The van der Waals surface area contributed by atoms with Gasteiger partial charge in [0, 0.05) is 0 Å². The zero-order valence-electron chi connectivity index (χ0n) is 12.7. The van der Waals surface area contributed by atoms with Crippen molar-refractivity contribution in [1.82, 2.24) is 0 Å². The number of quaternary nitrogens is 1. The zero-order valence-corrected chi connectivity index (χ0v) is 15.1. The molecule has 0 aliphatic heterocycles. The van der Waals surface area contributed by atoms with E-state index in [0.29, 0.717) is 0 Å². The number of hydrogen-bond acceptors (Lipinski definition) is 5. The van der Waals surface area contributed by atoms with Crippen molar-refractivity contribution in [1.29, 1.82) is 0 Å². The summed E-state index contributed by atoms with van der Waals surface area (Å²) in [7, 11) is -12.8. The van der Waals surface area contributed by atoms with Crippen LogP contribution < -0.4 is 0 Å². The van der Waals surface area contributed by atoms with E-state index < -0.39 is 38.6 Å². The molecule has 0 heterocycles. The molecule has 14 heteroatoms. The monoisotopic (exact) mass is 414 g/mol. The van der Waals surface area contributed by atoms with Crippen molar-refractivity contribution in [3.8, 4) is 0 Å². The van der Waals surface area contributed by atoms with Gasteiger partial charge in [-0.3, -0.25) is 0 Å². The molecule has 0 atom stereocenters. The molecule has 0 N–H and O–H groups in total. The number of halogens is 6. The van der Waals surface area contributed by atoms with Crippen LogP contribution in [0, 0.1) is 0 Å². The first kappa shape index (κ1) is 25.0. The first-order valence-electron chi connectivity index (χ1n) is 6.06. The first-order valence-corrected chi connectivity index (χ1v) is 10.9. The molecule has 0 aromatic rings. The summed E-state index contributed by atoms with van der Waals surface area (Å²) in [6.45, 7) is 10.5. The highest BCUT2D eigenvalue weighted by Gasteiger charge is 2.56. The summed E-state index contributed by atoms with van der Waals surface area (Å²) in [6.07, 6.45) is 0. The third kappa shape index (κ3) is 7.94. The van der Waals surface area contributed by atoms with Crippen molar-refractivity contribution < 1.29 is 47.7 Å². The maximum absolute atomic E-state index is 11.5. The van der Waals surface area contributed by atoms with Crippen molar-refractivity contribution in [2.24, 2.45) is 0 Å². The average Bonchev–Trinajstić information content (AvgIpc) is 2.34. The molecule has 23 heavy (non-hydrogen) atoms. The van der Waals surface area contributed by atoms with Crippen LogP contribution >= 0.6 is 9.83 Å². The third-order valence-corrected chi connectivity index (χ3v) is 9.96. The lowest BCUT2D eigenvalue weighted by Crippen LogP contribution is -2.42. The molecule has 0 aromatic carbocycles. The van der Waals surface area contributed by atoms with Gasteiger partial charge in [0.25, 0.3) is 0 Å². The van der Waals surface area contributed by atoms with Crippen LogP contribution in [0.2, 0.25) is 0 Å². The molecule has 0 bridgehead atoms. The standard InChI is InChI=1S/C7H18N.C2F6O4S3/c1-5-8(4,6-2)7-3;3-1(4,5)14(9,10)13-15(11,12)2(6,7)8/h5-7H2,1-4H3;/q+1;. The Morgan fingerprint density at radius 2 is 0.957 bits per heavy atom. The number of nitrogens with zero attached hydrogens (tertiary/aromatic N) is 1. The Morgan fingerprint density at radius 3 is 1.04 bits per heavy atom. The summed E-state index contributed by atoms with van der Waals surface area (Å²) in [4.78, 5) is 0. The smallest absolute Gasteiger partial charge is 0.327 e. The average molecular weight is 414 g/mol. The Labute approximate surface area is 134 Å². The highest BCUT2D eigenvalue weighted by Crippen LogP contribution is 2.42. The molecule has 0 fully saturated rings. The van der Waals surface area contributed by atoms with Crippen molar-refractivity contribution >= 4 is 27.6 Å². The second kappa shape index (κ2) is 8.25. The van der Waals surface area contributed by atoms with Crippen LogP contribution in [0.15, 0.2) is 0 Å². The van der Waals surface area contributed by atoms with Gasteiger partial charge in [-0.25, -0.2) is 16.8 Å². The highest BCUT2D eigenvalue weighted by molar-refractivity contribution is 9.04. The highest BCUT2D eigenvalue weighted by atomic mass is 33.5. The van der Waals surface area contributed by atoms with E-state index in [9.17, 15) is 43.2 Å². The van der Waals surface area contributed by atoms with Crippen LogP contribution in [0.3, 0.4) is 0 Å². The van der Waals surface area contributed by atoms with Crippen LogP contribution in [0.1, 0.15) is 20.8 Å². The molecule has 0 radical (unpaired) electrons. The summed E-state index contributed by atoms with van der Waals surface area (Å²) in [5.41, 5.74) is -12.1. The van der Waals surface area contributed by atoms with Gasteiger partial charge in [-0.2, -0.15) is 26.3 Å². The van der Waals surface area contributed by atoms with Gasteiger partial charge < -0.3 is 4.48 Å². The van der Waals surface area contributed by atoms with Gasteiger partial charge in [-0.15, -0.1) is 0 Å². The Hall–Kier alpha value is -0.210. The summed E-state index contributed by atoms with van der Waals surface area (Å²) < 4.78 is 111. The fourth-order valence-electron chi connectivity index (χ4n) is 0.866. The molecule has 0 spiro atoms. The summed E-state index contributed by atoms with van der Waals surface area (Å²) in [6, 6.07) is 0.